The summed E-state index contributed by atoms with van der Waals surface area (Å²) in [6.07, 6.45) is 2.43. The Morgan fingerprint density at radius 1 is 1.24 bits per heavy atom. The lowest BCUT2D eigenvalue weighted by atomic mass is 9.97. The highest BCUT2D eigenvalue weighted by Crippen LogP contribution is 2.35. The summed E-state index contributed by atoms with van der Waals surface area (Å²) in [5.74, 6) is 1.27. The molecule has 0 aliphatic carbocycles. The monoisotopic (exact) mass is 418 g/mol. The first-order chi connectivity index (χ1) is 14.1. The second-order valence-electron chi connectivity index (χ2n) is 6.91. The highest BCUT2D eigenvalue weighted by molar-refractivity contribution is 6.30. The molecule has 0 saturated carbocycles. The van der Waals surface area contributed by atoms with Crippen molar-refractivity contribution in [1.29, 1.82) is 0 Å². The summed E-state index contributed by atoms with van der Waals surface area (Å²) in [7, 11) is 3.31. The Labute approximate surface area is 173 Å². The van der Waals surface area contributed by atoms with Crippen molar-refractivity contribution in [3.63, 3.8) is 0 Å². The first-order valence-corrected chi connectivity index (χ1v) is 9.72. The van der Waals surface area contributed by atoms with Gasteiger partial charge in [-0.05, 0) is 6.92 Å². The number of rotatable bonds is 7. The van der Waals surface area contributed by atoms with E-state index in [4.69, 9.17) is 35.5 Å². The molecule has 9 heteroatoms. The molecular weight excluding hydrogens is 396 g/mol. The Balaban J connectivity index is 1.85. The van der Waals surface area contributed by atoms with Crippen LogP contribution in [0.1, 0.15) is 17.8 Å². The highest BCUT2D eigenvalue weighted by atomic mass is 35.5. The van der Waals surface area contributed by atoms with E-state index < -0.39 is 5.60 Å². The maximum atomic E-state index is 6.13. The summed E-state index contributed by atoms with van der Waals surface area (Å²) >= 11 is 6.13. The van der Waals surface area contributed by atoms with Gasteiger partial charge in [-0.15, -0.1) is 0 Å². The average Bonchev–Trinajstić information content (AvgIpc) is 3.33. The van der Waals surface area contributed by atoms with Crippen molar-refractivity contribution < 1.29 is 18.9 Å². The maximum absolute atomic E-state index is 6.13. The van der Waals surface area contributed by atoms with Crippen LogP contribution >= 0.6 is 11.6 Å². The lowest BCUT2D eigenvalue weighted by Crippen LogP contribution is -2.30. The van der Waals surface area contributed by atoms with E-state index in [1.807, 2.05) is 19.1 Å². The Kier molecular flexibility index (Phi) is 5.69. The minimum absolute atomic E-state index is 0.393. The summed E-state index contributed by atoms with van der Waals surface area (Å²) in [5, 5.41) is 5.96. The Hall–Kier alpha value is -2.26. The van der Waals surface area contributed by atoms with Gasteiger partial charge in [0.15, 0.2) is 5.82 Å². The zero-order chi connectivity index (χ0) is 20.4. The predicted octanol–water partition coefficient (Wildman–Crippen LogP) is 3.06. The number of nitrogens with zero attached hydrogens (tertiary/aromatic N) is 4. The molecular formula is C20H23ClN4O4. The summed E-state index contributed by atoms with van der Waals surface area (Å²) in [4.78, 5) is 9.03. The molecule has 0 unspecified atom stereocenters. The van der Waals surface area contributed by atoms with Crippen LogP contribution in [0.5, 0.6) is 5.75 Å². The molecule has 1 saturated heterocycles. The second kappa shape index (κ2) is 8.23. The largest absolute Gasteiger partial charge is 0.491 e. The number of aryl methyl sites for hydroxylation is 1. The van der Waals surface area contributed by atoms with Gasteiger partial charge in [0, 0.05) is 57.0 Å². The van der Waals surface area contributed by atoms with Crippen LogP contribution in [0.25, 0.3) is 16.7 Å². The molecule has 154 valence electrons. The van der Waals surface area contributed by atoms with Crippen LogP contribution in [0, 0.1) is 6.92 Å². The van der Waals surface area contributed by atoms with Crippen LogP contribution in [0.4, 0.5) is 0 Å². The molecule has 0 N–H and O–H groups in total. The zero-order valence-corrected chi connectivity index (χ0v) is 17.4. The topological polar surface area (TPSA) is 80.5 Å². The molecule has 4 heterocycles. The fraction of sp³-hybridized carbons (Fsp3) is 0.450. The Bertz CT molecular complexity index is 1020. The fourth-order valence-electron chi connectivity index (χ4n) is 3.48. The van der Waals surface area contributed by atoms with Crippen LogP contribution in [0.15, 0.2) is 24.4 Å². The van der Waals surface area contributed by atoms with E-state index in [1.165, 1.54) is 0 Å². The van der Waals surface area contributed by atoms with Gasteiger partial charge < -0.3 is 18.9 Å². The fourth-order valence-corrected chi connectivity index (χ4v) is 3.63. The van der Waals surface area contributed by atoms with Gasteiger partial charge in [-0.3, -0.25) is 0 Å². The van der Waals surface area contributed by atoms with Gasteiger partial charge in [0.2, 0.25) is 0 Å². The molecule has 8 nitrogen and oxygen atoms in total. The van der Waals surface area contributed by atoms with Crippen molar-refractivity contribution in [3.8, 4) is 11.6 Å². The van der Waals surface area contributed by atoms with Gasteiger partial charge in [0.05, 0.1) is 30.1 Å². The van der Waals surface area contributed by atoms with Crippen molar-refractivity contribution in [2.24, 2.45) is 0 Å². The van der Waals surface area contributed by atoms with E-state index in [0.717, 1.165) is 22.3 Å². The van der Waals surface area contributed by atoms with Gasteiger partial charge in [-0.1, -0.05) is 11.6 Å². The molecule has 1 aliphatic heterocycles. The summed E-state index contributed by atoms with van der Waals surface area (Å²) < 4.78 is 24.2. The normalized spacial score (nSPS) is 19.2. The van der Waals surface area contributed by atoms with Crippen LogP contribution in [0.3, 0.4) is 0 Å². The standard InChI is InChI=1S/C20H23ClN4O4/c1-13-15-11-22-18(21)10-16(15)25(24-13)19-9-14(29-7-6-26-2)8-17(23-19)20(27-3)4-5-28-12-20/h8-11H,4-7,12H2,1-3H3/t20-/m0/s1. The number of methoxy groups -OCH3 is 2. The summed E-state index contributed by atoms with van der Waals surface area (Å²) in [5.41, 5.74) is 1.78. The number of ether oxygens (including phenoxy) is 4. The first kappa shape index (κ1) is 20.0. The predicted molar refractivity (Wildman–Crippen MR) is 108 cm³/mol. The molecule has 4 rings (SSSR count). The smallest absolute Gasteiger partial charge is 0.158 e. The van der Waals surface area contributed by atoms with E-state index >= 15 is 0 Å². The van der Waals surface area contributed by atoms with E-state index in [9.17, 15) is 0 Å². The SMILES string of the molecule is COCCOc1cc(-n2nc(C)c3cnc(Cl)cc32)nc([C@]2(OC)CCOC2)c1. The van der Waals surface area contributed by atoms with E-state index in [0.29, 0.717) is 49.6 Å². The number of hydrogen-bond donors (Lipinski definition) is 0. The molecule has 1 fully saturated rings. The minimum Gasteiger partial charge on any atom is -0.491 e. The van der Waals surface area contributed by atoms with Gasteiger partial charge >= 0.3 is 0 Å². The third-order valence-electron chi connectivity index (χ3n) is 5.12. The Morgan fingerprint density at radius 2 is 2.10 bits per heavy atom. The minimum atomic E-state index is -0.618. The lowest BCUT2D eigenvalue weighted by molar-refractivity contribution is -0.0248. The molecule has 3 aromatic rings. The third kappa shape index (κ3) is 3.81. The number of halogens is 1. The third-order valence-corrected chi connectivity index (χ3v) is 5.32. The molecule has 1 atom stereocenters. The summed E-state index contributed by atoms with van der Waals surface area (Å²) in [6, 6.07) is 5.52. The number of hydrogen-bond acceptors (Lipinski definition) is 7. The van der Waals surface area contributed by atoms with Crippen LogP contribution in [-0.2, 0) is 19.8 Å². The number of fused-ring (bicyclic) bond motifs is 1. The average molecular weight is 419 g/mol. The van der Waals surface area contributed by atoms with Gasteiger partial charge in [0.1, 0.15) is 23.1 Å². The molecule has 0 bridgehead atoms. The van der Waals surface area contributed by atoms with Crippen molar-refractivity contribution in [2.45, 2.75) is 18.9 Å². The lowest BCUT2D eigenvalue weighted by Gasteiger charge is -2.26. The molecule has 29 heavy (non-hydrogen) atoms. The van der Waals surface area contributed by atoms with Crippen LogP contribution in [0.2, 0.25) is 5.15 Å². The van der Waals surface area contributed by atoms with Crippen molar-refractivity contribution in [2.75, 3.05) is 40.6 Å². The zero-order valence-electron chi connectivity index (χ0n) is 16.6. The quantitative estimate of drug-likeness (QED) is 0.431. The molecule has 0 spiro atoms. The van der Waals surface area contributed by atoms with E-state index in [2.05, 4.69) is 10.1 Å². The van der Waals surface area contributed by atoms with Crippen LogP contribution < -0.4 is 4.74 Å². The molecule has 1 aliphatic rings. The van der Waals surface area contributed by atoms with Gasteiger partial charge in [-0.25, -0.2) is 14.6 Å². The van der Waals surface area contributed by atoms with E-state index in [-0.39, 0.29) is 0 Å². The highest BCUT2D eigenvalue weighted by Gasteiger charge is 2.39. The number of aromatic nitrogens is 4. The molecule has 0 aromatic carbocycles. The maximum Gasteiger partial charge on any atom is 0.158 e. The van der Waals surface area contributed by atoms with Gasteiger partial charge in [-0.2, -0.15) is 5.10 Å². The van der Waals surface area contributed by atoms with Crippen LogP contribution in [-0.4, -0.2) is 60.4 Å². The van der Waals surface area contributed by atoms with Gasteiger partial charge in [0.25, 0.3) is 0 Å². The van der Waals surface area contributed by atoms with Crippen molar-refractivity contribution >= 4 is 22.5 Å². The number of pyridine rings is 2. The second-order valence-corrected chi connectivity index (χ2v) is 7.30. The van der Waals surface area contributed by atoms with Crippen molar-refractivity contribution in [3.05, 3.63) is 40.9 Å². The first-order valence-electron chi connectivity index (χ1n) is 9.35. The molecule has 0 radical (unpaired) electrons. The summed E-state index contributed by atoms with van der Waals surface area (Å²) in [6.45, 7) is 3.88. The molecule has 0 amide bonds. The van der Waals surface area contributed by atoms with E-state index in [1.54, 1.807) is 31.2 Å². The molecule has 3 aromatic heterocycles. The Morgan fingerprint density at radius 3 is 2.83 bits per heavy atom. The van der Waals surface area contributed by atoms with Crippen molar-refractivity contribution in [1.82, 2.24) is 19.7 Å².